The lowest BCUT2D eigenvalue weighted by Crippen LogP contribution is -2.06. The standard InChI is InChI=1S/C11H10F2N2OS2/c1-6-14-15-11(18-6)17-5-9(16)10-7(12)3-2-4-8(10)13/h2-4,9,16H,5H2,1H3/t9-/m0/s1. The van der Waals surface area contributed by atoms with E-state index in [-0.39, 0.29) is 11.3 Å². The number of aliphatic hydroxyl groups is 1. The summed E-state index contributed by atoms with van der Waals surface area (Å²) in [6.45, 7) is 1.81. The first-order valence-electron chi connectivity index (χ1n) is 5.13. The average molecular weight is 288 g/mol. The van der Waals surface area contributed by atoms with Crippen LogP contribution in [0.5, 0.6) is 0 Å². The second kappa shape index (κ2) is 5.73. The molecule has 0 aliphatic carbocycles. The van der Waals surface area contributed by atoms with Crippen LogP contribution in [0.3, 0.4) is 0 Å². The van der Waals surface area contributed by atoms with Crippen molar-refractivity contribution in [3.05, 3.63) is 40.4 Å². The molecule has 1 atom stereocenters. The molecule has 0 unspecified atom stereocenters. The van der Waals surface area contributed by atoms with Gasteiger partial charge in [-0.25, -0.2) is 8.78 Å². The maximum absolute atomic E-state index is 13.4. The maximum atomic E-state index is 13.4. The first-order valence-corrected chi connectivity index (χ1v) is 6.93. The van der Waals surface area contributed by atoms with Crippen LogP contribution in [0.2, 0.25) is 0 Å². The van der Waals surface area contributed by atoms with Crippen molar-refractivity contribution in [1.29, 1.82) is 0 Å². The summed E-state index contributed by atoms with van der Waals surface area (Å²) in [6, 6.07) is 3.52. The monoisotopic (exact) mass is 288 g/mol. The highest BCUT2D eigenvalue weighted by Crippen LogP contribution is 2.29. The Hall–Kier alpha value is -1.05. The van der Waals surface area contributed by atoms with E-state index in [9.17, 15) is 13.9 Å². The summed E-state index contributed by atoms with van der Waals surface area (Å²) >= 11 is 2.60. The highest BCUT2D eigenvalue weighted by atomic mass is 32.2. The molecule has 0 amide bonds. The van der Waals surface area contributed by atoms with Crippen LogP contribution in [0.4, 0.5) is 8.78 Å². The van der Waals surface area contributed by atoms with Crippen molar-refractivity contribution in [1.82, 2.24) is 10.2 Å². The molecule has 1 aromatic carbocycles. The van der Waals surface area contributed by atoms with Gasteiger partial charge in [-0.2, -0.15) is 0 Å². The Morgan fingerprint density at radius 3 is 2.56 bits per heavy atom. The van der Waals surface area contributed by atoms with E-state index in [0.717, 1.165) is 17.1 Å². The third-order valence-corrected chi connectivity index (χ3v) is 4.25. The van der Waals surface area contributed by atoms with E-state index in [0.29, 0.717) is 4.34 Å². The smallest absolute Gasteiger partial charge is 0.174 e. The van der Waals surface area contributed by atoms with Crippen LogP contribution in [-0.2, 0) is 0 Å². The van der Waals surface area contributed by atoms with Gasteiger partial charge in [0.05, 0.1) is 11.7 Å². The Morgan fingerprint density at radius 2 is 2.00 bits per heavy atom. The summed E-state index contributed by atoms with van der Waals surface area (Å²) in [4.78, 5) is 0. The lowest BCUT2D eigenvalue weighted by Gasteiger charge is -2.11. The minimum absolute atomic E-state index is 0.131. The maximum Gasteiger partial charge on any atom is 0.174 e. The number of hydrogen-bond donors (Lipinski definition) is 1. The zero-order valence-electron chi connectivity index (χ0n) is 9.43. The molecule has 2 aromatic rings. The van der Waals surface area contributed by atoms with E-state index in [1.54, 1.807) is 0 Å². The van der Waals surface area contributed by atoms with E-state index in [1.807, 2.05) is 6.92 Å². The van der Waals surface area contributed by atoms with Crippen molar-refractivity contribution in [2.75, 3.05) is 5.75 Å². The van der Waals surface area contributed by atoms with Crippen molar-refractivity contribution >= 4 is 23.1 Å². The molecule has 0 fully saturated rings. The van der Waals surface area contributed by atoms with Gasteiger partial charge in [-0.15, -0.1) is 10.2 Å². The third kappa shape index (κ3) is 3.04. The third-order valence-electron chi connectivity index (χ3n) is 2.21. The first-order chi connectivity index (χ1) is 8.58. The van der Waals surface area contributed by atoms with Gasteiger partial charge in [0.2, 0.25) is 0 Å². The molecule has 18 heavy (non-hydrogen) atoms. The zero-order valence-corrected chi connectivity index (χ0v) is 11.1. The molecular formula is C11H10F2N2OS2. The summed E-state index contributed by atoms with van der Waals surface area (Å²) in [7, 11) is 0. The highest BCUT2D eigenvalue weighted by Gasteiger charge is 2.18. The van der Waals surface area contributed by atoms with Gasteiger partial charge in [-0.3, -0.25) is 0 Å². The number of benzene rings is 1. The summed E-state index contributed by atoms with van der Waals surface area (Å²) in [5, 5.41) is 18.3. The topological polar surface area (TPSA) is 46.0 Å². The molecule has 0 spiro atoms. The fourth-order valence-electron chi connectivity index (χ4n) is 1.40. The fourth-order valence-corrected chi connectivity index (χ4v) is 3.18. The lowest BCUT2D eigenvalue weighted by atomic mass is 10.1. The molecule has 1 aromatic heterocycles. The number of aliphatic hydroxyl groups excluding tert-OH is 1. The van der Waals surface area contributed by atoms with Crippen LogP contribution in [0.15, 0.2) is 22.5 Å². The normalized spacial score (nSPS) is 12.7. The number of aromatic nitrogens is 2. The van der Waals surface area contributed by atoms with E-state index in [2.05, 4.69) is 10.2 Å². The van der Waals surface area contributed by atoms with Crippen LogP contribution in [0.1, 0.15) is 16.7 Å². The summed E-state index contributed by atoms with van der Waals surface area (Å²) < 4.78 is 27.5. The molecule has 1 N–H and O–H groups in total. The van der Waals surface area contributed by atoms with E-state index in [1.165, 1.54) is 29.2 Å². The largest absolute Gasteiger partial charge is 0.387 e. The molecule has 1 heterocycles. The fraction of sp³-hybridized carbons (Fsp3) is 0.273. The minimum atomic E-state index is -1.21. The lowest BCUT2D eigenvalue weighted by molar-refractivity contribution is 0.193. The van der Waals surface area contributed by atoms with Crippen LogP contribution in [-0.4, -0.2) is 21.1 Å². The van der Waals surface area contributed by atoms with E-state index < -0.39 is 17.7 Å². The minimum Gasteiger partial charge on any atom is -0.387 e. The molecule has 0 aliphatic heterocycles. The Bertz CT molecular complexity index is 527. The Kier molecular flexibility index (Phi) is 4.26. The van der Waals surface area contributed by atoms with Crippen LogP contribution in [0.25, 0.3) is 0 Å². The Labute approximate surface area is 111 Å². The number of nitrogens with zero attached hydrogens (tertiary/aromatic N) is 2. The van der Waals surface area contributed by atoms with Crippen molar-refractivity contribution < 1.29 is 13.9 Å². The van der Waals surface area contributed by atoms with Gasteiger partial charge in [0, 0.05) is 5.75 Å². The van der Waals surface area contributed by atoms with E-state index >= 15 is 0 Å². The van der Waals surface area contributed by atoms with Crippen molar-refractivity contribution in [2.24, 2.45) is 0 Å². The number of thioether (sulfide) groups is 1. The molecule has 0 radical (unpaired) electrons. The van der Waals surface area contributed by atoms with Gasteiger partial charge in [-0.05, 0) is 19.1 Å². The highest BCUT2D eigenvalue weighted by molar-refractivity contribution is 8.01. The van der Waals surface area contributed by atoms with E-state index in [4.69, 9.17) is 0 Å². The Balaban J connectivity index is 2.06. The van der Waals surface area contributed by atoms with Crippen molar-refractivity contribution in [2.45, 2.75) is 17.4 Å². The van der Waals surface area contributed by atoms with Gasteiger partial charge < -0.3 is 5.11 Å². The molecule has 7 heteroatoms. The number of rotatable bonds is 4. The van der Waals surface area contributed by atoms with Gasteiger partial charge in [0.1, 0.15) is 16.6 Å². The predicted octanol–water partition coefficient (Wildman–Crippen LogP) is 2.95. The van der Waals surface area contributed by atoms with Crippen LogP contribution < -0.4 is 0 Å². The summed E-state index contributed by atoms with van der Waals surface area (Å²) in [6.07, 6.45) is -1.21. The second-order valence-corrected chi connectivity index (χ2v) is 6.00. The molecule has 96 valence electrons. The number of aryl methyl sites for hydroxylation is 1. The summed E-state index contributed by atoms with van der Waals surface area (Å²) in [5.74, 6) is -1.35. The van der Waals surface area contributed by atoms with Gasteiger partial charge >= 0.3 is 0 Å². The van der Waals surface area contributed by atoms with Crippen molar-refractivity contribution in [3.8, 4) is 0 Å². The molecule has 0 bridgehead atoms. The number of halogens is 2. The molecule has 0 saturated carbocycles. The quantitative estimate of drug-likeness (QED) is 0.879. The van der Waals surface area contributed by atoms with Gasteiger partial charge in [0.25, 0.3) is 0 Å². The molecule has 0 saturated heterocycles. The summed E-state index contributed by atoms with van der Waals surface area (Å²) in [5.41, 5.74) is -0.300. The van der Waals surface area contributed by atoms with Crippen LogP contribution in [0, 0.1) is 18.6 Å². The first kappa shape index (κ1) is 13.4. The van der Waals surface area contributed by atoms with Gasteiger partial charge in [-0.1, -0.05) is 29.2 Å². The molecule has 2 rings (SSSR count). The Morgan fingerprint density at radius 1 is 1.33 bits per heavy atom. The number of hydrogen-bond acceptors (Lipinski definition) is 5. The molecule has 0 aliphatic rings. The molecule has 3 nitrogen and oxygen atoms in total. The predicted molar refractivity (Wildman–Crippen MR) is 66.7 cm³/mol. The van der Waals surface area contributed by atoms with Gasteiger partial charge in [0.15, 0.2) is 4.34 Å². The SMILES string of the molecule is Cc1nnc(SC[C@H](O)c2c(F)cccc2F)s1. The average Bonchev–Trinajstić information content (AvgIpc) is 2.72. The zero-order chi connectivity index (χ0) is 13.1. The van der Waals surface area contributed by atoms with Crippen LogP contribution >= 0.6 is 23.1 Å². The molecular weight excluding hydrogens is 278 g/mol. The van der Waals surface area contributed by atoms with Crippen molar-refractivity contribution in [3.63, 3.8) is 0 Å². The second-order valence-electron chi connectivity index (χ2n) is 3.55.